The zero-order valence-electron chi connectivity index (χ0n) is 42.9. The van der Waals surface area contributed by atoms with Crippen LogP contribution in [0.4, 0.5) is 0 Å². The van der Waals surface area contributed by atoms with Crippen molar-refractivity contribution in [1.82, 2.24) is 0 Å². The van der Waals surface area contributed by atoms with E-state index in [1.165, 1.54) is 64.2 Å². The molecule has 0 rings (SSSR count). The highest BCUT2D eigenvalue weighted by Gasteiger charge is 2.19. The molecule has 0 N–H and O–H groups in total. The van der Waals surface area contributed by atoms with Crippen LogP contribution < -0.4 is 0 Å². The van der Waals surface area contributed by atoms with Crippen LogP contribution in [0.3, 0.4) is 0 Å². The van der Waals surface area contributed by atoms with Crippen molar-refractivity contribution in [2.45, 2.75) is 252 Å². The van der Waals surface area contributed by atoms with E-state index < -0.39 is 6.10 Å². The highest BCUT2D eigenvalue weighted by atomic mass is 16.6. The number of rotatable bonds is 48. The van der Waals surface area contributed by atoms with Gasteiger partial charge >= 0.3 is 17.9 Å². The Hall–Kier alpha value is -3.67. The van der Waals surface area contributed by atoms with Crippen LogP contribution in [0.5, 0.6) is 0 Å². The van der Waals surface area contributed by atoms with E-state index in [1.54, 1.807) is 0 Å². The van der Waals surface area contributed by atoms with Crippen molar-refractivity contribution in [2.75, 3.05) is 13.2 Å². The quantitative estimate of drug-likeness (QED) is 0.0262. The van der Waals surface area contributed by atoms with Gasteiger partial charge in [0, 0.05) is 19.3 Å². The maximum Gasteiger partial charge on any atom is 0.306 e. The minimum Gasteiger partial charge on any atom is -0.462 e. The van der Waals surface area contributed by atoms with Crippen LogP contribution in [0.15, 0.2) is 97.2 Å². The van der Waals surface area contributed by atoms with Crippen LogP contribution in [0.1, 0.15) is 245 Å². The highest BCUT2D eigenvalue weighted by molar-refractivity contribution is 5.71. The molecule has 0 bridgehead atoms. The average Bonchev–Trinajstić information content (AvgIpc) is 3.31. The number of ether oxygens (including phenoxy) is 3. The summed E-state index contributed by atoms with van der Waals surface area (Å²) in [5, 5.41) is 0. The normalized spacial score (nSPS) is 12.8. The van der Waals surface area contributed by atoms with E-state index in [1.807, 2.05) is 0 Å². The second kappa shape index (κ2) is 53.9. The number of carbonyl (C=O) groups is 3. The Morgan fingerprint density at radius 3 is 0.985 bits per heavy atom. The van der Waals surface area contributed by atoms with Gasteiger partial charge in [0.15, 0.2) is 6.10 Å². The van der Waals surface area contributed by atoms with Crippen molar-refractivity contribution < 1.29 is 28.6 Å². The molecule has 0 radical (unpaired) electrons. The first-order valence-electron chi connectivity index (χ1n) is 27.2. The summed E-state index contributed by atoms with van der Waals surface area (Å²) in [6, 6.07) is 0. The summed E-state index contributed by atoms with van der Waals surface area (Å²) in [7, 11) is 0. The number of unbranched alkanes of at least 4 members (excludes halogenated alkanes) is 21. The molecular weight excluding hydrogens is 817 g/mol. The summed E-state index contributed by atoms with van der Waals surface area (Å²) in [5.41, 5.74) is 0. The third kappa shape index (κ3) is 51.3. The van der Waals surface area contributed by atoms with E-state index in [2.05, 4.69) is 118 Å². The fourth-order valence-corrected chi connectivity index (χ4v) is 7.25. The third-order valence-corrected chi connectivity index (χ3v) is 11.3. The number of carbonyl (C=O) groups excluding carboxylic acids is 3. The first-order chi connectivity index (χ1) is 32.5. The number of hydrogen-bond donors (Lipinski definition) is 0. The van der Waals surface area contributed by atoms with E-state index in [4.69, 9.17) is 14.2 Å². The Labute approximate surface area is 407 Å². The smallest absolute Gasteiger partial charge is 0.306 e. The summed E-state index contributed by atoms with van der Waals surface area (Å²) in [6.07, 6.45) is 71.1. The summed E-state index contributed by atoms with van der Waals surface area (Å²) in [5.74, 6) is -0.919. The molecule has 0 spiro atoms. The van der Waals surface area contributed by atoms with Crippen molar-refractivity contribution in [3.05, 3.63) is 97.2 Å². The first-order valence-corrected chi connectivity index (χ1v) is 27.2. The predicted molar refractivity (Wildman–Crippen MR) is 284 cm³/mol. The minimum atomic E-state index is -0.789. The zero-order chi connectivity index (χ0) is 47.9. The standard InChI is InChI=1S/C60H100O6/c1-4-7-10-13-16-19-22-24-25-26-27-28-29-30-31-32-33-34-35-37-38-41-44-47-50-53-59(62)65-56-57(55-64-58(61)52-49-46-43-40-21-18-15-12-9-6-3)66-60(63)54-51-48-45-42-39-36-23-20-17-14-11-8-5-2/h7,10-11,14,16,19-20,23-25,27-28,30-31,33-34,57H,4-6,8-9,12-13,15,17-18,21-22,26,29,32,35-56H2,1-3H3/b10-7-,14-11-,19-16-,23-20-,25-24-,28-27-,31-30-,34-33-. The van der Waals surface area contributed by atoms with Gasteiger partial charge in [0.05, 0.1) is 0 Å². The van der Waals surface area contributed by atoms with Crippen molar-refractivity contribution in [2.24, 2.45) is 0 Å². The Balaban J connectivity index is 4.32. The lowest BCUT2D eigenvalue weighted by Gasteiger charge is -2.18. The molecule has 0 aliphatic carbocycles. The summed E-state index contributed by atoms with van der Waals surface area (Å²) in [4.78, 5) is 38.0. The lowest BCUT2D eigenvalue weighted by atomic mass is 10.1. The van der Waals surface area contributed by atoms with Crippen LogP contribution in [0.2, 0.25) is 0 Å². The van der Waals surface area contributed by atoms with Crippen LogP contribution in [0, 0.1) is 0 Å². The fraction of sp³-hybridized carbons (Fsp3) is 0.683. The Kier molecular flexibility index (Phi) is 50.9. The topological polar surface area (TPSA) is 78.9 Å². The summed E-state index contributed by atoms with van der Waals surface area (Å²) in [6.45, 7) is 6.42. The molecule has 1 atom stereocenters. The Morgan fingerprint density at radius 2 is 0.621 bits per heavy atom. The molecule has 6 heteroatoms. The summed E-state index contributed by atoms with van der Waals surface area (Å²) >= 11 is 0. The average molecular weight is 917 g/mol. The largest absolute Gasteiger partial charge is 0.462 e. The molecule has 0 aliphatic rings. The van der Waals surface area contributed by atoms with E-state index in [0.717, 1.165) is 141 Å². The van der Waals surface area contributed by atoms with Crippen LogP contribution in [-0.2, 0) is 28.6 Å². The fourth-order valence-electron chi connectivity index (χ4n) is 7.25. The third-order valence-electron chi connectivity index (χ3n) is 11.3. The Morgan fingerprint density at radius 1 is 0.318 bits per heavy atom. The monoisotopic (exact) mass is 917 g/mol. The molecule has 0 aromatic rings. The predicted octanol–water partition coefficient (Wildman–Crippen LogP) is 18.1. The molecule has 0 aromatic heterocycles. The molecule has 0 aliphatic heterocycles. The molecule has 0 saturated carbocycles. The number of esters is 3. The van der Waals surface area contributed by atoms with E-state index in [-0.39, 0.29) is 31.1 Å². The van der Waals surface area contributed by atoms with Crippen LogP contribution in [0.25, 0.3) is 0 Å². The van der Waals surface area contributed by atoms with Gasteiger partial charge in [-0.3, -0.25) is 14.4 Å². The zero-order valence-corrected chi connectivity index (χ0v) is 42.9. The van der Waals surface area contributed by atoms with Gasteiger partial charge in [0.2, 0.25) is 0 Å². The van der Waals surface area contributed by atoms with E-state index in [0.29, 0.717) is 19.3 Å². The maximum absolute atomic E-state index is 12.8. The molecule has 0 saturated heterocycles. The maximum atomic E-state index is 12.8. The first kappa shape index (κ1) is 62.3. The Bertz CT molecular complexity index is 1330. The molecule has 0 amide bonds. The number of allylic oxidation sites excluding steroid dienone is 16. The molecule has 376 valence electrons. The number of hydrogen-bond acceptors (Lipinski definition) is 6. The molecule has 1 unspecified atom stereocenters. The van der Waals surface area contributed by atoms with Gasteiger partial charge in [-0.1, -0.05) is 227 Å². The molecule has 0 fully saturated rings. The van der Waals surface area contributed by atoms with Gasteiger partial charge in [-0.15, -0.1) is 0 Å². The van der Waals surface area contributed by atoms with Gasteiger partial charge in [0.25, 0.3) is 0 Å². The van der Waals surface area contributed by atoms with Crippen molar-refractivity contribution in [3.63, 3.8) is 0 Å². The van der Waals surface area contributed by atoms with Gasteiger partial charge in [-0.25, -0.2) is 0 Å². The molecule has 66 heavy (non-hydrogen) atoms. The van der Waals surface area contributed by atoms with Crippen molar-refractivity contribution in [3.8, 4) is 0 Å². The van der Waals surface area contributed by atoms with Crippen molar-refractivity contribution >= 4 is 17.9 Å². The second-order valence-electron chi connectivity index (χ2n) is 17.8. The van der Waals surface area contributed by atoms with Crippen LogP contribution >= 0.6 is 0 Å². The highest BCUT2D eigenvalue weighted by Crippen LogP contribution is 2.14. The summed E-state index contributed by atoms with van der Waals surface area (Å²) < 4.78 is 16.8. The molecule has 0 heterocycles. The van der Waals surface area contributed by atoms with Gasteiger partial charge in [-0.05, 0) is 96.3 Å². The lowest BCUT2D eigenvalue weighted by Crippen LogP contribution is -2.30. The van der Waals surface area contributed by atoms with Gasteiger partial charge in [-0.2, -0.15) is 0 Å². The van der Waals surface area contributed by atoms with E-state index >= 15 is 0 Å². The molecular formula is C60H100O6. The van der Waals surface area contributed by atoms with Crippen molar-refractivity contribution in [1.29, 1.82) is 0 Å². The molecule has 6 nitrogen and oxygen atoms in total. The van der Waals surface area contributed by atoms with Gasteiger partial charge in [0.1, 0.15) is 13.2 Å². The lowest BCUT2D eigenvalue weighted by molar-refractivity contribution is -0.167. The molecule has 0 aromatic carbocycles. The van der Waals surface area contributed by atoms with Crippen LogP contribution in [-0.4, -0.2) is 37.2 Å². The SMILES string of the molecule is CC/C=C\C/C=C\C/C=C\C/C=C\C/C=C\C/C=C\CCCCCCCCC(=O)OCC(COC(=O)CCCCCCCCCCCC)OC(=O)CCCCCCC/C=C\C/C=C\CCC. The second-order valence-corrected chi connectivity index (χ2v) is 17.8. The van der Waals surface area contributed by atoms with E-state index in [9.17, 15) is 14.4 Å². The minimum absolute atomic E-state index is 0.0872. The van der Waals surface area contributed by atoms with Gasteiger partial charge < -0.3 is 14.2 Å².